The van der Waals surface area contributed by atoms with Crippen molar-refractivity contribution in [2.75, 3.05) is 35.8 Å². The summed E-state index contributed by atoms with van der Waals surface area (Å²) in [6.45, 7) is 5.34. The minimum atomic E-state index is -3.68. The van der Waals surface area contributed by atoms with E-state index in [0.29, 0.717) is 30.3 Å². The van der Waals surface area contributed by atoms with Crippen molar-refractivity contribution in [3.8, 4) is 0 Å². The molecule has 1 saturated heterocycles. The largest absolute Gasteiger partial charge is 0.354 e. The third kappa shape index (κ3) is 5.64. The Morgan fingerprint density at radius 3 is 2.38 bits per heavy atom. The Bertz CT molecular complexity index is 1280. The zero-order valence-corrected chi connectivity index (χ0v) is 20.1. The SMILES string of the molecule is Cc1ccc(S(=O)(=O)Nc2ccc(N3CCN(Cc4cc([N+](=O)[O-])ccc4Cl)CC3)nc2)cc1. The van der Waals surface area contributed by atoms with Crippen LogP contribution < -0.4 is 9.62 Å². The average molecular weight is 502 g/mol. The van der Waals surface area contributed by atoms with Crippen LogP contribution in [0.1, 0.15) is 11.1 Å². The van der Waals surface area contributed by atoms with Crippen molar-refractivity contribution in [3.05, 3.63) is 87.1 Å². The van der Waals surface area contributed by atoms with Crippen LogP contribution in [0.5, 0.6) is 0 Å². The summed E-state index contributed by atoms with van der Waals surface area (Å²) in [5.74, 6) is 0.756. The van der Waals surface area contributed by atoms with E-state index in [0.717, 1.165) is 30.0 Å². The predicted octanol–water partition coefficient (Wildman–Crippen LogP) is 4.07. The summed E-state index contributed by atoms with van der Waals surface area (Å²) < 4.78 is 27.7. The molecule has 1 fully saturated rings. The molecule has 0 saturated carbocycles. The van der Waals surface area contributed by atoms with Crippen LogP contribution in [0.3, 0.4) is 0 Å². The van der Waals surface area contributed by atoms with Crippen LogP contribution in [0.15, 0.2) is 65.7 Å². The van der Waals surface area contributed by atoms with Crippen molar-refractivity contribution in [2.24, 2.45) is 0 Å². The van der Waals surface area contributed by atoms with Gasteiger partial charge >= 0.3 is 0 Å². The summed E-state index contributed by atoms with van der Waals surface area (Å²) in [5.41, 5.74) is 2.13. The van der Waals surface area contributed by atoms with Crippen molar-refractivity contribution >= 4 is 38.8 Å². The van der Waals surface area contributed by atoms with Gasteiger partial charge in [-0.05, 0) is 42.8 Å². The number of nitro groups is 1. The van der Waals surface area contributed by atoms with E-state index in [9.17, 15) is 18.5 Å². The molecule has 0 spiro atoms. The maximum atomic E-state index is 12.6. The highest BCUT2D eigenvalue weighted by molar-refractivity contribution is 7.92. The second-order valence-electron chi connectivity index (χ2n) is 8.12. The average Bonchev–Trinajstić information content (AvgIpc) is 2.81. The Morgan fingerprint density at radius 2 is 1.76 bits per heavy atom. The number of halogens is 1. The zero-order chi connectivity index (χ0) is 24.3. The number of aromatic nitrogens is 1. The number of nitrogens with zero attached hydrogens (tertiary/aromatic N) is 4. The van der Waals surface area contributed by atoms with Crippen molar-refractivity contribution in [3.63, 3.8) is 0 Å². The number of aryl methyl sites for hydroxylation is 1. The fraction of sp³-hybridized carbons (Fsp3) is 0.261. The van der Waals surface area contributed by atoms with Crippen LogP contribution in [0, 0.1) is 17.0 Å². The molecule has 3 aromatic rings. The Balaban J connectivity index is 1.35. The smallest absolute Gasteiger partial charge is 0.269 e. The van der Waals surface area contributed by atoms with Crippen LogP contribution in [0.4, 0.5) is 17.2 Å². The Kier molecular flexibility index (Phi) is 7.01. The number of benzene rings is 2. The summed E-state index contributed by atoms with van der Waals surface area (Å²) in [4.78, 5) is 19.5. The third-order valence-corrected chi connectivity index (χ3v) is 7.43. The standard InChI is InChI=1S/C23H24ClN5O4S/c1-17-2-6-21(7-3-17)34(32,33)26-19-4-9-23(25-15-19)28-12-10-27(11-13-28)16-18-14-20(29(30)31)5-8-22(18)24/h2-9,14-15,26H,10-13,16H2,1H3. The van der Waals surface area contributed by atoms with Gasteiger partial charge in [0.25, 0.3) is 15.7 Å². The third-order valence-electron chi connectivity index (χ3n) is 5.66. The zero-order valence-electron chi connectivity index (χ0n) is 18.5. The molecule has 0 bridgehead atoms. The number of nitrogens with one attached hydrogen (secondary N) is 1. The number of hydrogen-bond donors (Lipinski definition) is 1. The van der Waals surface area contributed by atoms with Gasteiger partial charge in [0.05, 0.1) is 21.7 Å². The van der Waals surface area contributed by atoms with Gasteiger partial charge in [-0.15, -0.1) is 0 Å². The molecule has 1 aromatic heterocycles. The number of hydrogen-bond acceptors (Lipinski definition) is 7. The highest BCUT2D eigenvalue weighted by Crippen LogP contribution is 2.25. The molecule has 2 aromatic carbocycles. The quantitative estimate of drug-likeness (QED) is 0.384. The summed E-state index contributed by atoms with van der Waals surface area (Å²) in [6.07, 6.45) is 1.51. The molecular weight excluding hydrogens is 478 g/mol. The van der Waals surface area contributed by atoms with Gasteiger partial charge in [0.2, 0.25) is 0 Å². The van der Waals surface area contributed by atoms with Gasteiger partial charge in [0.1, 0.15) is 5.82 Å². The van der Waals surface area contributed by atoms with Gasteiger partial charge in [-0.25, -0.2) is 13.4 Å². The van der Waals surface area contributed by atoms with Gasteiger partial charge < -0.3 is 4.90 Å². The van der Waals surface area contributed by atoms with Gasteiger partial charge in [0, 0.05) is 49.9 Å². The first-order valence-corrected chi connectivity index (χ1v) is 12.5. The summed E-state index contributed by atoms with van der Waals surface area (Å²) in [7, 11) is -3.68. The number of nitro benzene ring substituents is 1. The first-order valence-electron chi connectivity index (χ1n) is 10.7. The molecule has 0 amide bonds. The molecule has 34 heavy (non-hydrogen) atoms. The molecule has 0 radical (unpaired) electrons. The van der Waals surface area contributed by atoms with E-state index in [1.807, 2.05) is 6.92 Å². The van der Waals surface area contributed by atoms with Gasteiger partial charge in [-0.2, -0.15) is 0 Å². The number of piperazine rings is 1. The van der Waals surface area contributed by atoms with E-state index in [1.165, 1.54) is 18.3 Å². The summed E-state index contributed by atoms with van der Waals surface area (Å²) >= 11 is 6.23. The first-order chi connectivity index (χ1) is 16.2. The highest BCUT2D eigenvalue weighted by atomic mass is 35.5. The van der Waals surface area contributed by atoms with Crippen molar-refractivity contribution in [1.29, 1.82) is 0 Å². The van der Waals surface area contributed by atoms with E-state index >= 15 is 0 Å². The fourth-order valence-electron chi connectivity index (χ4n) is 3.74. The molecule has 11 heteroatoms. The minimum absolute atomic E-state index is 0.0281. The van der Waals surface area contributed by atoms with Crippen LogP contribution in [-0.2, 0) is 16.6 Å². The van der Waals surface area contributed by atoms with Crippen LogP contribution in [0.2, 0.25) is 5.02 Å². The van der Waals surface area contributed by atoms with E-state index < -0.39 is 14.9 Å². The van der Waals surface area contributed by atoms with Gasteiger partial charge in [-0.3, -0.25) is 19.7 Å². The van der Waals surface area contributed by atoms with Crippen LogP contribution >= 0.6 is 11.6 Å². The lowest BCUT2D eigenvalue weighted by atomic mass is 10.1. The lowest BCUT2D eigenvalue weighted by Gasteiger charge is -2.35. The summed E-state index contributed by atoms with van der Waals surface area (Å²) in [5, 5.41) is 11.6. The topological polar surface area (TPSA) is 109 Å². The summed E-state index contributed by atoms with van der Waals surface area (Å²) in [6, 6.07) is 14.6. The van der Waals surface area contributed by atoms with Crippen molar-refractivity contribution in [2.45, 2.75) is 18.4 Å². The number of anilines is 2. The van der Waals surface area contributed by atoms with Gasteiger partial charge in [0.15, 0.2) is 0 Å². The fourth-order valence-corrected chi connectivity index (χ4v) is 4.96. The maximum absolute atomic E-state index is 12.6. The number of sulfonamides is 1. The number of rotatable bonds is 7. The van der Waals surface area contributed by atoms with E-state index in [2.05, 4.69) is 19.5 Å². The Labute approximate surface area is 203 Å². The van der Waals surface area contributed by atoms with E-state index in [4.69, 9.17) is 11.6 Å². The Morgan fingerprint density at radius 1 is 1.06 bits per heavy atom. The lowest BCUT2D eigenvalue weighted by Crippen LogP contribution is -2.46. The Hall–Kier alpha value is -3.21. The molecule has 178 valence electrons. The normalized spacial score (nSPS) is 14.7. The van der Waals surface area contributed by atoms with E-state index in [-0.39, 0.29) is 10.6 Å². The molecule has 2 heterocycles. The number of pyridine rings is 1. The van der Waals surface area contributed by atoms with Crippen LogP contribution in [-0.4, -0.2) is 49.4 Å². The molecular formula is C23H24ClN5O4S. The lowest BCUT2D eigenvalue weighted by molar-refractivity contribution is -0.384. The molecule has 9 nitrogen and oxygen atoms in total. The molecule has 0 atom stereocenters. The van der Waals surface area contributed by atoms with Gasteiger partial charge in [-0.1, -0.05) is 29.3 Å². The van der Waals surface area contributed by atoms with E-state index in [1.54, 1.807) is 42.5 Å². The highest BCUT2D eigenvalue weighted by Gasteiger charge is 2.20. The molecule has 0 aliphatic carbocycles. The maximum Gasteiger partial charge on any atom is 0.269 e. The molecule has 0 unspecified atom stereocenters. The number of non-ortho nitro benzene ring substituents is 1. The molecule has 1 N–H and O–H groups in total. The second kappa shape index (κ2) is 9.96. The molecule has 1 aliphatic rings. The molecule has 1 aliphatic heterocycles. The van der Waals surface area contributed by atoms with Crippen molar-refractivity contribution < 1.29 is 13.3 Å². The first kappa shape index (κ1) is 23.9. The predicted molar refractivity (Wildman–Crippen MR) is 132 cm³/mol. The van der Waals surface area contributed by atoms with Crippen LogP contribution in [0.25, 0.3) is 0 Å². The minimum Gasteiger partial charge on any atom is -0.354 e. The molecule has 4 rings (SSSR count). The second-order valence-corrected chi connectivity index (χ2v) is 10.2. The van der Waals surface area contributed by atoms with Crippen molar-refractivity contribution in [1.82, 2.24) is 9.88 Å². The monoisotopic (exact) mass is 501 g/mol.